The smallest absolute Gasteiger partial charge is 0.269 e. The maximum atomic E-state index is 11.1. The van der Waals surface area contributed by atoms with E-state index in [9.17, 15) is 14.9 Å². The van der Waals surface area contributed by atoms with Gasteiger partial charge in [0.2, 0.25) is 0 Å². The Morgan fingerprint density at radius 3 is 2.48 bits per heavy atom. The summed E-state index contributed by atoms with van der Waals surface area (Å²) in [6.45, 7) is 6.23. The summed E-state index contributed by atoms with van der Waals surface area (Å²) < 4.78 is 11.5. The van der Waals surface area contributed by atoms with Gasteiger partial charge in [0.25, 0.3) is 5.69 Å². The first kappa shape index (κ1) is 18.2. The van der Waals surface area contributed by atoms with Crippen molar-refractivity contribution in [3.8, 4) is 11.5 Å². The van der Waals surface area contributed by atoms with E-state index < -0.39 is 4.92 Å². The maximum absolute atomic E-state index is 11.1. The molecule has 0 atom stereocenters. The van der Waals surface area contributed by atoms with Crippen LogP contribution >= 0.6 is 0 Å². The number of non-ortho nitro benzene ring substituents is 1. The Kier molecular flexibility index (Phi) is 6.28. The number of nitro benzene ring substituents is 1. The van der Waals surface area contributed by atoms with E-state index in [4.69, 9.17) is 9.47 Å². The van der Waals surface area contributed by atoms with Crippen molar-refractivity contribution in [2.24, 2.45) is 0 Å². The SMILES string of the molecule is C=CCc1cc(C=O)cc(OCC)c1OCc1ccc([N+](=O)[O-])cc1. The van der Waals surface area contributed by atoms with E-state index in [1.54, 1.807) is 30.3 Å². The highest BCUT2D eigenvalue weighted by Gasteiger charge is 2.14. The predicted molar refractivity (Wildman–Crippen MR) is 94.3 cm³/mol. The molecule has 2 aromatic rings. The van der Waals surface area contributed by atoms with Crippen molar-refractivity contribution >= 4 is 12.0 Å². The van der Waals surface area contributed by atoms with E-state index in [2.05, 4.69) is 6.58 Å². The van der Waals surface area contributed by atoms with Crippen molar-refractivity contribution in [2.45, 2.75) is 20.0 Å². The number of nitro groups is 1. The summed E-state index contributed by atoms with van der Waals surface area (Å²) in [5.41, 5.74) is 2.12. The second-order valence-electron chi connectivity index (χ2n) is 5.26. The van der Waals surface area contributed by atoms with Gasteiger partial charge in [-0.15, -0.1) is 6.58 Å². The number of hydrogen-bond donors (Lipinski definition) is 0. The Morgan fingerprint density at radius 2 is 1.92 bits per heavy atom. The normalized spacial score (nSPS) is 10.1. The first-order chi connectivity index (χ1) is 12.1. The van der Waals surface area contributed by atoms with Crippen LogP contribution in [0.3, 0.4) is 0 Å². The Bertz CT molecular complexity index is 768. The van der Waals surface area contributed by atoms with Crippen LogP contribution < -0.4 is 9.47 Å². The fourth-order valence-electron chi connectivity index (χ4n) is 2.35. The number of rotatable bonds is 9. The van der Waals surface area contributed by atoms with E-state index in [1.165, 1.54) is 12.1 Å². The van der Waals surface area contributed by atoms with Gasteiger partial charge < -0.3 is 9.47 Å². The number of ether oxygens (including phenoxy) is 2. The topological polar surface area (TPSA) is 78.7 Å². The molecule has 0 radical (unpaired) electrons. The van der Waals surface area contributed by atoms with Gasteiger partial charge in [0, 0.05) is 23.3 Å². The first-order valence-corrected chi connectivity index (χ1v) is 7.81. The Balaban J connectivity index is 2.28. The minimum atomic E-state index is -0.446. The molecule has 25 heavy (non-hydrogen) atoms. The zero-order chi connectivity index (χ0) is 18.2. The molecule has 0 aliphatic rings. The minimum Gasteiger partial charge on any atom is -0.490 e. The third-order valence-corrected chi connectivity index (χ3v) is 3.48. The Morgan fingerprint density at radius 1 is 1.20 bits per heavy atom. The van der Waals surface area contributed by atoms with Gasteiger partial charge in [-0.1, -0.05) is 6.08 Å². The molecule has 0 saturated carbocycles. The fourth-order valence-corrected chi connectivity index (χ4v) is 2.35. The number of carbonyl (C=O) groups excluding carboxylic acids is 1. The van der Waals surface area contributed by atoms with E-state index in [-0.39, 0.29) is 12.3 Å². The number of carbonyl (C=O) groups is 1. The molecule has 0 amide bonds. The molecule has 0 N–H and O–H groups in total. The highest BCUT2D eigenvalue weighted by molar-refractivity contribution is 5.77. The average Bonchev–Trinajstić information content (AvgIpc) is 2.61. The Labute approximate surface area is 145 Å². The number of aldehydes is 1. The summed E-state index contributed by atoms with van der Waals surface area (Å²) in [6, 6.07) is 9.53. The van der Waals surface area contributed by atoms with Crippen LogP contribution in [0, 0.1) is 10.1 Å². The van der Waals surface area contributed by atoms with Crippen LogP contribution in [0.1, 0.15) is 28.4 Å². The highest BCUT2D eigenvalue weighted by Crippen LogP contribution is 2.34. The van der Waals surface area contributed by atoms with Gasteiger partial charge in [0.1, 0.15) is 12.9 Å². The molecular weight excluding hydrogens is 322 g/mol. The molecule has 6 nitrogen and oxygen atoms in total. The first-order valence-electron chi connectivity index (χ1n) is 7.81. The van der Waals surface area contributed by atoms with Gasteiger partial charge >= 0.3 is 0 Å². The summed E-state index contributed by atoms with van der Waals surface area (Å²) in [7, 11) is 0. The van der Waals surface area contributed by atoms with Crippen LogP contribution in [-0.2, 0) is 13.0 Å². The molecule has 0 aliphatic carbocycles. The van der Waals surface area contributed by atoms with E-state index in [0.717, 1.165) is 17.4 Å². The summed E-state index contributed by atoms with van der Waals surface area (Å²) in [4.78, 5) is 21.4. The van der Waals surface area contributed by atoms with Gasteiger partial charge in [0.15, 0.2) is 11.5 Å². The molecule has 6 heteroatoms. The standard InChI is InChI=1S/C19H19NO5/c1-3-5-16-10-15(12-21)11-18(24-4-2)19(16)25-13-14-6-8-17(9-7-14)20(22)23/h3,6-12H,1,4-5,13H2,2H3. The summed E-state index contributed by atoms with van der Waals surface area (Å²) in [5.74, 6) is 1.04. The number of benzene rings is 2. The predicted octanol–water partition coefficient (Wildman–Crippen LogP) is 4.11. The van der Waals surface area contributed by atoms with Crippen LogP contribution in [0.5, 0.6) is 11.5 Å². The molecule has 0 fully saturated rings. The number of nitrogens with zero attached hydrogens (tertiary/aromatic N) is 1. The van der Waals surface area contributed by atoms with Crippen LogP contribution in [-0.4, -0.2) is 17.8 Å². The number of hydrogen-bond acceptors (Lipinski definition) is 5. The molecule has 2 rings (SSSR count). The van der Waals surface area contributed by atoms with Gasteiger partial charge in [0.05, 0.1) is 11.5 Å². The molecule has 0 aliphatic heterocycles. The second kappa shape index (κ2) is 8.63. The molecule has 0 heterocycles. The largest absolute Gasteiger partial charge is 0.490 e. The average molecular weight is 341 g/mol. The third-order valence-electron chi connectivity index (χ3n) is 3.48. The van der Waals surface area contributed by atoms with E-state index in [1.807, 2.05) is 6.92 Å². The molecule has 0 unspecified atom stereocenters. The minimum absolute atomic E-state index is 0.0291. The molecule has 0 bridgehead atoms. The molecule has 130 valence electrons. The molecular formula is C19H19NO5. The molecule has 2 aromatic carbocycles. The lowest BCUT2D eigenvalue weighted by molar-refractivity contribution is -0.384. The van der Waals surface area contributed by atoms with Crippen molar-refractivity contribution in [3.63, 3.8) is 0 Å². The zero-order valence-electron chi connectivity index (χ0n) is 13.9. The second-order valence-corrected chi connectivity index (χ2v) is 5.26. The lowest BCUT2D eigenvalue weighted by Crippen LogP contribution is -2.04. The maximum Gasteiger partial charge on any atom is 0.269 e. The van der Waals surface area contributed by atoms with Crippen molar-refractivity contribution < 1.29 is 19.2 Å². The quantitative estimate of drug-likeness (QED) is 0.297. The van der Waals surface area contributed by atoms with Crippen LogP contribution in [0.4, 0.5) is 5.69 Å². The van der Waals surface area contributed by atoms with Crippen LogP contribution in [0.2, 0.25) is 0 Å². The fraction of sp³-hybridized carbons (Fsp3) is 0.211. The van der Waals surface area contributed by atoms with E-state index >= 15 is 0 Å². The highest BCUT2D eigenvalue weighted by atomic mass is 16.6. The molecule has 0 saturated heterocycles. The van der Waals surface area contributed by atoms with Crippen molar-refractivity contribution in [1.82, 2.24) is 0 Å². The lowest BCUT2D eigenvalue weighted by atomic mass is 10.1. The summed E-state index contributed by atoms with van der Waals surface area (Å²) in [5, 5.41) is 10.7. The Hall–Kier alpha value is -3.15. The van der Waals surface area contributed by atoms with Crippen LogP contribution in [0.15, 0.2) is 49.1 Å². The summed E-state index contributed by atoms with van der Waals surface area (Å²) >= 11 is 0. The van der Waals surface area contributed by atoms with Crippen molar-refractivity contribution in [2.75, 3.05) is 6.61 Å². The van der Waals surface area contributed by atoms with Crippen molar-refractivity contribution in [3.05, 3.63) is 75.9 Å². The third kappa shape index (κ3) is 4.67. The monoisotopic (exact) mass is 341 g/mol. The van der Waals surface area contributed by atoms with Gasteiger partial charge in [-0.05, 0) is 43.2 Å². The zero-order valence-corrected chi connectivity index (χ0v) is 13.9. The van der Waals surface area contributed by atoms with Gasteiger partial charge in [-0.3, -0.25) is 14.9 Å². The number of allylic oxidation sites excluding steroid dienone is 1. The van der Waals surface area contributed by atoms with E-state index in [0.29, 0.717) is 30.1 Å². The lowest BCUT2D eigenvalue weighted by Gasteiger charge is -2.16. The molecule has 0 aromatic heterocycles. The van der Waals surface area contributed by atoms with Crippen LogP contribution in [0.25, 0.3) is 0 Å². The van der Waals surface area contributed by atoms with Crippen molar-refractivity contribution in [1.29, 1.82) is 0 Å². The summed E-state index contributed by atoms with van der Waals surface area (Å²) in [6.07, 6.45) is 3.00. The van der Waals surface area contributed by atoms with Gasteiger partial charge in [-0.25, -0.2) is 0 Å². The van der Waals surface area contributed by atoms with Gasteiger partial charge in [-0.2, -0.15) is 0 Å². The molecule has 0 spiro atoms.